The smallest absolute Gasteiger partial charge is 0.119 e. The third-order valence-electron chi connectivity index (χ3n) is 4.25. The van der Waals surface area contributed by atoms with Gasteiger partial charge in [0.05, 0.1) is 18.3 Å². The van der Waals surface area contributed by atoms with Gasteiger partial charge in [-0.3, -0.25) is 0 Å². The second kappa shape index (κ2) is 5.14. The molecule has 1 aromatic rings. The summed E-state index contributed by atoms with van der Waals surface area (Å²) < 4.78 is 11.6. The molecule has 3 rings (SSSR count). The number of rotatable bonds is 4. The van der Waals surface area contributed by atoms with Gasteiger partial charge in [-0.05, 0) is 50.8 Å². The van der Waals surface area contributed by atoms with Crippen molar-refractivity contribution in [1.29, 1.82) is 0 Å². The summed E-state index contributed by atoms with van der Waals surface area (Å²) in [4.78, 5) is 0. The maximum Gasteiger partial charge on any atom is 0.119 e. The highest BCUT2D eigenvalue weighted by Crippen LogP contribution is 2.43. The first kappa shape index (κ1) is 12.9. The third-order valence-corrected chi connectivity index (χ3v) is 4.25. The first-order valence-corrected chi connectivity index (χ1v) is 7.31. The van der Waals surface area contributed by atoms with Gasteiger partial charge in [-0.15, -0.1) is 0 Å². The number of nitrogens with two attached hydrogens (primary N) is 1. The minimum atomic E-state index is 0.0865. The van der Waals surface area contributed by atoms with Crippen LogP contribution in [0.4, 0.5) is 0 Å². The fourth-order valence-electron chi connectivity index (χ4n) is 3.34. The van der Waals surface area contributed by atoms with Crippen LogP contribution in [0, 0.1) is 5.92 Å². The minimum absolute atomic E-state index is 0.0865. The Morgan fingerprint density at radius 1 is 1.21 bits per heavy atom. The highest BCUT2D eigenvalue weighted by atomic mass is 16.5. The first-order chi connectivity index (χ1) is 9.13. The molecule has 2 aliphatic rings. The lowest BCUT2D eigenvalue weighted by Crippen LogP contribution is -2.29. The van der Waals surface area contributed by atoms with Crippen LogP contribution < -0.4 is 10.5 Å². The van der Waals surface area contributed by atoms with Crippen molar-refractivity contribution < 1.29 is 9.47 Å². The van der Waals surface area contributed by atoms with E-state index in [9.17, 15) is 0 Å². The molecule has 2 fully saturated rings. The van der Waals surface area contributed by atoms with Gasteiger partial charge in [-0.25, -0.2) is 0 Å². The number of fused-ring (bicyclic) bond motifs is 2. The molecule has 0 radical (unpaired) electrons. The molecular formula is C16H23NO2. The summed E-state index contributed by atoms with van der Waals surface area (Å²) >= 11 is 0. The summed E-state index contributed by atoms with van der Waals surface area (Å²) in [6.07, 6.45) is 4.57. The van der Waals surface area contributed by atoms with Gasteiger partial charge in [0.15, 0.2) is 0 Å². The maximum absolute atomic E-state index is 6.42. The fourth-order valence-corrected chi connectivity index (χ4v) is 3.34. The van der Waals surface area contributed by atoms with Crippen LogP contribution in [0.5, 0.6) is 5.75 Å². The quantitative estimate of drug-likeness (QED) is 0.906. The molecule has 4 unspecified atom stereocenters. The van der Waals surface area contributed by atoms with E-state index in [1.807, 2.05) is 26.0 Å². The predicted octanol–water partition coefficient (Wildman–Crippen LogP) is 3.04. The Hall–Kier alpha value is -1.06. The largest absolute Gasteiger partial charge is 0.491 e. The first-order valence-electron chi connectivity index (χ1n) is 7.31. The zero-order valence-corrected chi connectivity index (χ0v) is 11.7. The average molecular weight is 261 g/mol. The molecule has 2 aliphatic heterocycles. The maximum atomic E-state index is 6.42. The summed E-state index contributed by atoms with van der Waals surface area (Å²) in [5.74, 6) is 1.39. The van der Waals surface area contributed by atoms with Crippen molar-refractivity contribution in [1.82, 2.24) is 0 Å². The van der Waals surface area contributed by atoms with Gasteiger partial charge in [0.2, 0.25) is 0 Å². The molecule has 0 aliphatic carbocycles. The van der Waals surface area contributed by atoms with Gasteiger partial charge in [-0.2, -0.15) is 0 Å². The van der Waals surface area contributed by atoms with Crippen LogP contribution >= 0.6 is 0 Å². The van der Waals surface area contributed by atoms with Gasteiger partial charge >= 0.3 is 0 Å². The second-order valence-electron chi connectivity index (χ2n) is 6.03. The lowest BCUT2D eigenvalue weighted by atomic mass is 9.81. The summed E-state index contributed by atoms with van der Waals surface area (Å²) in [5.41, 5.74) is 7.61. The summed E-state index contributed by atoms with van der Waals surface area (Å²) in [6.45, 7) is 4.07. The Morgan fingerprint density at radius 2 is 1.95 bits per heavy atom. The van der Waals surface area contributed by atoms with Gasteiger partial charge in [0, 0.05) is 12.0 Å². The van der Waals surface area contributed by atoms with E-state index in [0.29, 0.717) is 18.1 Å². The van der Waals surface area contributed by atoms with Crippen molar-refractivity contribution in [2.24, 2.45) is 11.7 Å². The van der Waals surface area contributed by atoms with E-state index in [1.165, 1.54) is 18.4 Å². The second-order valence-corrected chi connectivity index (χ2v) is 6.03. The molecule has 2 heterocycles. The number of benzene rings is 1. The molecule has 2 N–H and O–H groups in total. The van der Waals surface area contributed by atoms with E-state index in [-0.39, 0.29) is 12.1 Å². The van der Waals surface area contributed by atoms with Crippen molar-refractivity contribution in [3.05, 3.63) is 29.8 Å². The highest BCUT2D eigenvalue weighted by Gasteiger charge is 2.43. The lowest BCUT2D eigenvalue weighted by Gasteiger charge is -2.25. The van der Waals surface area contributed by atoms with Crippen molar-refractivity contribution in [2.45, 2.75) is 57.5 Å². The topological polar surface area (TPSA) is 44.5 Å². The molecule has 1 aromatic carbocycles. The van der Waals surface area contributed by atoms with Gasteiger partial charge in [-0.1, -0.05) is 12.1 Å². The summed E-state index contributed by atoms with van der Waals surface area (Å²) in [5, 5.41) is 0. The van der Waals surface area contributed by atoms with E-state index in [1.54, 1.807) is 0 Å². The molecule has 0 aromatic heterocycles. The SMILES string of the molecule is CC(C)Oc1ccc(C(N)C2CC3CCC2O3)cc1. The molecule has 2 saturated heterocycles. The number of hydrogen-bond donors (Lipinski definition) is 1. The monoisotopic (exact) mass is 261 g/mol. The van der Waals surface area contributed by atoms with Crippen LogP contribution in [-0.2, 0) is 4.74 Å². The molecule has 0 spiro atoms. The van der Waals surface area contributed by atoms with E-state index in [4.69, 9.17) is 15.2 Å². The van der Waals surface area contributed by atoms with Crippen LogP contribution in [0.3, 0.4) is 0 Å². The molecule has 4 atom stereocenters. The molecule has 0 amide bonds. The van der Waals surface area contributed by atoms with Crippen molar-refractivity contribution in [3.8, 4) is 5.75 Å². The Morgan fingerprint density at radius 3 is 2.47 bits per heavy atom. The molecule has 3 nitrogen and oxygen atoms in total. The zero-order chi connectivity index (χ0) is 13.4. The van der Waals surface area contributed by atoms with Crippen LogP contribution in [0.2, 0.25) is 0 Å². The molecule has 19 heavy (non-hydrogen) atoms. The minimum Gasteiger partial charge on any atom is -0.491 e. The molecule has 2 bridgehead atoms. The third kappa shape index (κ3) is 2.63. The van der Waals surface area contributed by atoms with Gasteiger partial charge in [0.25, 0.3) is 0 Å². The van der Waals surface area contributed by atoms with Crippen molar-refractivity contribution in [2.75, 3.05) is 0 Å². The highest BCUT2D eigenvalue weighted by molar-refractivity contribution is 5.30. The van der Waals surface area contributed by atoms with Gasteiger partial charge in [0.1, 0.15) is 5.75 Å². The summed E-state index contributed by atoms with van der Waals surface area (Å²) in [6, 6.07) is 8.30. The number of ether oxygens (including phenoxy) is 2. The van der Waals surface area contributed by atoms with Crippen LogP contribution in [0.15, 0.2) is 24.3 Å². The average Bonchev–Trinajstić information content (AvgIpc) is 3.00. The van der Waals surface area contributed by atoms with Crippen LogP contribution in [-0.4, -0.2) is 18.3 Å². The van der Waals surface area contributed by atoms with E-state index in [0.717, 1.165) is 12.2 Å². The normalized spacial score (nSPS) is 30.8. The predicted molar refractivity (Wildman–Crippen MR) is 75.1 cm³/mol. The van der Waals surface area contributed by atoms with Crippen LogP contribution in [0.25, 0.3) is 0 Å². The van der Waals surface area contributed by atoms with Crippen molar-refractivity contribution >= 4 is 0 Å². The summed E-state index contributed by atoms with van der Waals surface area (Å²) in [7, 11) is 0. The molecule has 0 saturated carbocycles. The van der Waals surface area contributed by atoms with Crippen LogP contribution in [0.1, 0.15) is 44.7 Å². The van der Waals surface area contributed by atoms with Crippen molar-refractivity contribution in [3.63, 3.8) is 0 Å². The number of hydrogen-bond acceptors (Lipinski definition) is 3. The standard InChI is InChI=1S/C16H23NO2/c1-10(2)18-12-5-3-11(4-6-12)16(17)14-9-13-7-8-15(14)19-13/h3-6,10,13-16H,7-9,17H2,1-2H3. The Kier molecular flexibility index (Phi) is 3.50. The van der Waals surface area contributed by atoms with E-state index in [2.05, 4.69) is 12.1 Å². The Labute approximate surface area is 115 Å². The fraction of sp³-hybridized carbons (Fsp3) is 0.625. The van der Waals surface area contributed by atoms with E-state index < -0.39 is 0 Å². The molecular weight excluding hydrogens is 238 g/mol. The lowest BCUT2D eigenvalue weighted by molar-refractivity contribution is 0.0885. The molecule has 3 heteroatoms. The molecule has 104 valence electrons. The Bertz CT molecular complexity index is 429. The van der Waals surface area contributed by atoms with Gasteiger partial charge < -0.3 is 15.2 Å². The van der Waals surface area contributed by atoms with E-state index >= 15 is 0 Å². The zero-order valence-electron chi connectivity index (χ0n) is 11.7. The Balaban J connectivity index is 1.68.